The maximum Gasteiger partial charge on any atom is 0.433 e. The van der Waals surface area contributed by atoms with E-state index < -0.39 is 17.8 Å². The Morgan fingerprint density at radius 3 is 2.80 bits per heavy atom. The normalized spacial score (nSPS) is 20.2. The van der Waals surface area contributed by atoms with E-state index in [1.165, 1.54) is 4.90 Å². The molecule has 0 aliphatic carbocycles. The summed E-state index contributed by atoms with van der Waals surface area (Å²) in [5.74, 6) is -0.606. The molecule has 2 heterocycles. The van der Waals surface area contributed by atoms with Crippen molar-refractivity contribution in [2.45, 2.75) is 32.6 Å². The molecule has 112 valence electrons. The zero-order chi connectivity index (χ0) is 14.9. The molecule has 1 aliphatic rings. The van der Waals surface area contributed by atoms with E-state index in [4.69, 9.17) is 0 Å². The predicted octanol–water partition coefficient (Wildman–Crippen LogP) is 1.36. The van der Waals surface area contributed by atoms with Crippen molar-refractivity contribution in [3.05, 3.63) is 17.5 Å². The van der Waals surface area contributed by atoms with Crippen LogP contribution in [0.4, 0.5) is 13.2 Å². The van der Waals surface area contributed by atoms with Gasteiger partial charge >= 0.3 is 6.18 Å². The largest absolute Gasteiger partial charge is 0.433 e. The van der Waals surface area contributed by atoms with Gasteiger partial charge in [-0.1, -0.05) is 0 Å². The van der Waals surface area contributed by atoms with Gasteiger partial charge in [0.05, 0.1) is 11.8 Å². The van der Waals surface area contributed by atoms with Crippen LogP contribution in [0.5, 0.6) is 0 Å². The van der Waals surface area contributed by atoms with Crippen LogP contribution >= 0.6 is 0 Å². The quantitative estimate of drug-likeness (QED) is 0.894. The second-order valence-electron chi connectivity index (χ2n) is 4.83. The second kappa shape index (κ2) is 5.43. The third kappa shape index (κ3) is 2.79. The van der Waals surface area contributed by atoms with E-state index in [2.05, 4.69) is 10.4 Å². The summed E-state index contributed by atoms with van der Waals surface area (Å²) in [7, 11) is 0. The molecule has 20 heavy (non-hydrogen) atoms. The van der Waals surface area contributed by atoms with Crippen molar-refractivity contribution < 1.29 is 18.0 Å². The number of hydrogen-bond acceptors (Lipinski definition) is 3. The molecular weight excluding hydrogens is 273 g/mol. The smallest absolute Gasteiger partial charge is 0.336 e. The van der Waals surface area contributed by atoms with Crippen molar-refractivity contribution in [2.75, 3.05) is 19.6 Å². The summed E-state index contributed by atoms with van der Waals surface area (Å²) < 4.78 is 40.1. The van der Waals surface area contributed by atoms with Gasteiger partial charge in [-0.05, 0) is 13.8 Å². The molecule has 1 aromatic heterocycles. The first kappa shape index (κ1) is 14.8. The number of hydrogen-bond donors (Lipinski definition) is 1. The van der Waals surface area contributed by atoms with E-state index in [9.17, 15) is 18.0 Å². The lowest BCUT2D eigenvalue weighted by atomic mass is 10.1. The van der Waals surface area contributed by atoms with Crippen molar-refractivity contribution in [1.29, 1.82) is 0 Å². The molecular formula is C12H17F3N4O. The summed E-state index contributed by atoms with van der Waals surface area (Å²) in [4.78, 5) is 13.7. The Morgan fingerprint density at radius 2 is 2.25 bits per heavy atom. The van der Waals surface area contributed by atoms with Crippen molar-refractivity contribution >= 4 is 5.91 Å². The van der Waals surface area contributed by atoms with Crippen LogP contribution in [-0.2, 0) is 12.7 Å². The first-order chi connectivity index (χ1) is 9.34. The number of alkyl halides is 3. The Kier molecular flexibility index (Phi) is 4.03. The highest BCUT2D eigenvalue weighted by molar-refractivity contribution is 5.95. The number of carbonyl (C=O) groups excluding carboxylic acids is 1. The molecule has 1 N–H and O–H groups in total. The van der Waals surface area contributed by atoms with Gasteiger partial charge in [0.25, 0.3) is 5.91 Å². The van der Waals surface area contributed by atoms with Crippen molar-refractivity contribution in [3.63, 3.8) is 0 Å². The molecule has 1 amide bonds. The van der Waals surface area contributed by atoms with Gasteiger partial charge in [-0.2, -0.15) is 18.3 Å². The lowest BCUT2D eigenvalue weighted by Crippen LogP contribution is -2.51. The summed E-state index contributed by atoms with van der Waals surface area (Å²) in [6, 6.07) is 0.0725. The van der Waals surface area contributed by atoms with Crippen LogP contribution in [0.3, 0.4) is 0 Å². The second-order valence-corrected chi connectivity index (χ2v) is 4.83. The molecule has 2 rings (SSSR count). The Hall–Kier alpha value is -1.57. The molecule has 0 bridgehead atoms. The monoisotopic (exact) mass is 290 g/mol. The number of aryl methyl sites for hydroxylation is 1. The minimum atomic E-state index is -4.59. The molecule has 1 aliphatic heterocycles. The number of nitrogens with one attached hydrogen (secondary N) is 1. The van der Waals surface area contributed by atoms with Crippen LogP contribution in [0.2, 0.25) is 0 Å². The van der Waals surface area contributed by atoms with Crippen molar-refractivity contribution in [1.82, 2.24) is 20.0 Å². The Labute approximate surface area is 114 Å². The number of halogens is 3. The van der Waals surface area contributed by atoms with Gasteiger partial charge < -0.3 is 10.2 Å². The average molecular weight is 290 g/mol. The van der Waals surface area contributed by atoms with Crippen LogP contribution in [-0.4, -0.2) is 46.3 Å². The number of amides is 1. The van der Waals surface area contributed by atoms with Gasteiger partial charge in [-0.25, -0.2) is 0 Å². The van der Waals surface area contributed by atoms with Crippen LogP contribution < -0.4 is 5.32 Å². The average Bonchev–Trinajstić information content (AvgIpc) is 2.81. The first-order valence-electron chi connectivity index (χ1n) is 6.50. The number of nitrogens with zero attached hydrogens (tertiary/aromatic N) is 3. The summed E-state index contributed by atoms with van der Waals surface area (Å²) in [5, 5.41) is 6.81. The predicted molar refractivity (Wildman–Crippen MR) is 66.3 cm³/mol. The SMILES string of the molecule is CCn1ncc(C(=O)N2CCNC(C)C2)c1C(F)(F)F. The Bertz CT molecular complexity index is 497. The first-order valence-corrected chi connectivity index (χ1v) is 6.50. The highest BCUT2D eigenvalue weighted by atomic mass is 19.4. The number of piperazine rings is 1. The molecule has 1 aromatic rings. The Balaban J connectivity index is 2.32. The van der Waals surface area contributed by atoms with Gasteiger partial charge in [-0.15, -0.1) is 0 Å². The fourth-order valence-electron chi connectivity index (χ4n) is 2.37. The highest BCUT2D eigenvalue weighted by Crippen LogP contribution is 2.32. The molecule has 1 fully saturated rings. The lowest BCUT2D eigenvalue weighted by molar-refractivity contribution is -0.144. The minimum absolute atomic E-state index is 0.0695. The van der Waals surface area contributed by atoms with E-state index in [1.807, 2.05) is 6.92 Å². The molecule has 0 radical (unpaired) electrons. The van der Waals surface area contributed by atoms with Crippen molar-refractivity contribution in [3.8, 4) is 0 Å². The molecule has 0 aromatic carbocycles. The molecule has 1 atom stereocenters. The van der Waals surface area contributed by atoms with Crippen LogP contribution in [0.1, 0.15) is 29.9 Å². The van der Waals surface area contributed by atoms with E-state index in [-0.39, 0.29) is 18.2 Å². The van der Waals surface area contributed by atoms with Crippen LogP contribution in [0, 0.1) is 0 Å². The Morgan fingerprint density at radius 1 is 1.55 bits per heavy atom. The van der Waals surface area contributed by atoms with E-state index in [0.29, 0.717) is 19.6 Å². The van der Waals surface area contributed by atoms with Crippen LogP contribution in [0.15, 0.2) is 6.20 Å². The standard InChI is InChI=1S/C12H17F3N4O/c1-3-19-10(12(13,14)15)9(6-17-19)11(20)18-5-4-16-8(2)7-18/h6,8,16H,3-5,7H2,1-2H3. The topological polar surface area (TPSA) is 50.2 Å². The highest BCUT2D eigenvalue weighted by Gasteiger charge is 2.41. The van der Waals surface area contributed by atoms with E-state index in [0.717, 1.165) is 10.9 Å². The van der Waals surface area contributed by atoms with Crippen molar-refractivity contribution in [2.24, 2.45) is 0 Å². The molecule has 1 unspecified atom stereocenters. The zero-order valence-electron chi connectivity index (χ0n) is 11.4. The third-order valence-corrected chi connectivity index (χ3v) is 3.29. The molecule has 0 spiro atoms. The van der Waals surface area contributed by atoms with Crippen LogP contribution in [0.25, 0.3) is 0 Å². The molecule has 0 saturated carbocycles. The van der Waals surface area contributed by atoms with E-state index in [1.54, 1.807) is 6.92 Å². The summed E-state index contributed by atoms with van der Waals surface area (Å²) in [5.41, 5.74) is -1.33. The van der Waals surface area contributed by atoms with Gasteiger partial charge in [0.1, 0.15) is 0 Å². The number of aromatic nitrogens is 2. The third-order valence-electron chi connectivity index (χ3n) is 3.29. The number of rotatable bonds is 2. The summed E-state index contributed by atoms with van der Waals surface area (Å²) in [6.07, 6.45) is -3.57. The van der Waals surface area contributed by atoms with Gasteiger partial charge in [-0.3, -0.25) is 9.48 Å². The maximum absolute atomic E-state index is 13.1. The molecule has 8 heteroatoms. The minimum Gasteiger partial charge on any atom is -0.336 e. The molecule has 1 saturated heterocycles. The van der Waals surface area contributed by atoms with E-state index >= 15 is 0 Å². The number of carbonyl (C=O) groups is 1. The molecule has 5 nitrogen and oxygen atoms in total. The maximum atomic E-state index is 13.1. The zero-order valence-corrected chi connectivity index (χ0v) is 11.4. The van der Waals surface area contributed by atoms with Gasteiger partial charge in [0.15, 0.2) is 5.69 Å². The lowest BCUT2D eigenvalue weighted by Gasteiger charge is -2.32. The summed E-state index contributed by atoms with van der Waals surface area (Å²) >= 11 is 0. The van der Waals surface area contributed by atoms with Gasteiger partial charge in [0, 0.05) is 32.2 Å². The fourth-order valence-corrected chi connectivity index (χ4v) is 2.37. The summed E-state index contributed by atoms with van der Waals surface area (Å²) in [6.45, 7) is 4.89. The fraction of sp³-hybridized carbons (Fsp3) is 0.667. The van der Waals surface area contributed by atoms with Gasteiger partial charge in [0.2, 0.25) is 0 Å².